The SMILES string of the molecule is CCOCCCN(CC(F)(F)F)C(=O)CCNC1CC1. The quantitative estimate of drug-likeness (QED) is 0.627. The average Bonchev–Trinajstić information content (AvgIpc) is 3.15. The summed E-state index contributed by atoms with van der Waals surface area (Å²) in [5, 5.41) is 3.13. The normalized spacial score (nSPS) is 15.4. The van der Waals surface area contributed by atoms with E-state index in [1.807, 2.05) is 6.92 Å². The van der Waals surface area contributed by atoms with E-state index in [1.165, 1.54) is 0 Å². The molecule has 1 N–H and O–H groups in total. The third-order valence-corrected chi connectivity index (χ3v) is 2.99. The van der Waals surface area contributed by atoms with Gasteiger partial charge in [-0.05, 0) is 26.2 Å². The zero-order chi connectivity index (χ0) is 15.0. The Labute approximate surface area is 117 Å². The molecule has 0 spiro atoms. The second-order valence-corrected chi connectivity index (χ2v) is 4.96. The maximum atomic E-state index is 12.5. The van der Waals surface area contributed by atoms with Gasteiger partial charge in [-0.15, -0.1) is 0 Å². The molecule has 0 atom stereocenters. The highest BCUT2D eigenvalue weighted by molar-refractivity contribution is 5.76. The van der Waals surface area contributed by atoms with Crippen molar-refractivity contribution in [2.75, 3.05) is 32.8 Å². The van der Waals surface area contributed by atoms with E-state index in [2.05, 4.69) is 5.32 Å². The van der Waals surface area contributed by atoms with Crippen LogP contribution >= 0.6 is 0 Å². The fourth-order valence-corrected chi connectivity index (χ4v) is 1.84. The highest BCUT2D eigenvalue weighted by atomic mass is 19.4. The topological polar surface area (TPSA) is 41.6 Å². The van der Waals surface area contributed by atoms with E-state index in [0.717, 1.165) is 17.7 Å². The Hall–Kier alpha value is -0.820. The van der Waals surface area contributed by atoms with E-state index in [-0.39, 0.29) is 13.0 Å². The monoisotopic (exact) mass is 296 g/mol. The third kappa shape index (κ3) is 8.37. The Morgan fingerprint density at radius 2 is 2.10 bits per heavy atom. The van der Waals surface area contributed by atoms with Crippen molar-refractivity contribution in [2.45, 2.75) is 44.8 Å². The summed E-state index contributed by atoms with van der Waals surface area (Å²) in [5.41, 5.74) is 0. The van der Waals surface area contributed by atoms with Gasteiger partial charge in [-0.3, -0.25) is 4.79 Å². The Morgan fingerprint density at radius 3 is 2.65 bits per heavy atom. The maximum absolute atomic E-state index is 12.5. The molecule has 1 saturated carbocycles. The van der Waals surface area contributed by atoms with Crippen LogP contribution in [0.5, 0.6) is 0 Å². The molecular formula is C13H23F3N2O2. The standard InChI is InChI=1S/C13H23F3N2O2/c1-2-20-9-3-8-18(10-13(14,15)16)12(19)6-7-17-11-4-5-11/h11,17H,2-10H2,1H3. The van der Waals surface area contributed by atoms with Crippen molar-refractivity contribution < 1.29 is 22.7 Å². The van der Waals surface area contributed by atoms with Crippen LogP contribution < -0.4 is 5.32 Å². The largest absolute Gasteiger partial charge is 0.406 e. The summed E-state index contributed by atoms with van der Waals surface area (Å²) in [6, 6.07) is 0.455. The van der Waals surface area contributed by atoms with Crippen molar-refractivity contribution in [1.29, 1.82) is 0 Å². The lowest BCUT2D eigenvalue weighted by Crippen LogP contribution is -2.41. The lowest BCUT2D eigenvalue weighted by atomic mass is 10.3. The summed E-state index contributed by atoms with van der Waals surface area (Å²) < 4.78 is 42.5. The van der Waals surface area contributed by atoms with Gasteiger partial charge in [0.1, 0.15) is 6.54 Å². The van der Waals surface area contributed by atoms with E-state index in [4.69, 9.17) is 4.74 Å². The Morgan fingerprint density at radius 1 is 1.40 bits per heavy atom. The molecule has 0 aromatic heterocycles. The third-order valence-electron chi connectivity index (χ3n) is 2.99. The molecule has 0 unspecified atom stereocenters. The highest BCUT2D eigenvalue weighted by Gasteiger charge is 2.32. The van der Waals surface area contributed by atoms with Crippen LogP contribution in [0.25, 0.3) is 0 Å². The lowest BCUT2D eigenvalue weighted by Gasteiger charge is -2.24. The van der Waals surface area contributed by atoms with Gasteiger partial charge in [0.2, 0.25) is 5.91 Å². The van der Waals surface area contributed by atoms with Gasteiger partial charge in [0.25, 0.3) is 0 Å². The van der Waals surface area contributed by atoms with Crippen LogP contribution in [-0.2, 0) is 9.53 Å². The molecule has 7 heteroatoms. The molecule has 4 nitrogen and oxygen atoms in total. The van der Waals surface area contributed by atoms with Gasteiger partial charge in [0.15, 0.2) is 0 Å². The van der Waals surface area contributed by atoms with Gasteiger partial charge in [-0.25, -0.2) is 0 Å². The highest BCUT2D eigenvalue weighted by Crippen LogP contribution is 2.19. The van der Waals surface area contributed by atoms with Crippen LogP contribution in [0.3, 0.4) is 0 Å². The summed E-state index contributed by atoms with van der Waals surface area (Å²) in [4.78, 5) is 12.7. The predicted molar refractivity (Wildman–Crippen MR) is 69.4 cm³/mol. The van der Waals surface area contributed by atoms with Crippen LogP contribution in [-0.4, -0.2) is 55.9 Å². The minimum atomic E-state index is -4.36. The number of ether oxygens (including phenoxy) is 1. The molecule has 0 heterocycles. The van der Waals surface area contributed by atoms with Gasteiger partial charge >= 0.3 is 6.18 Å². The minimum absolute atomic E-state index is 0.0851. The summed E-state index contributed by atoms with van der Waals surface area (Å²) >= 11 is 0. The first-order valence-corrected chi connectivity index (χ1v) is 7.08. The molecule has 1 amide bonds. The molecule has 0 saturated heterocycles. The number of carbonyl (C=O) groups is 1. The lowest BCUT2D eigenvalue weighted by molar-refractivity contribution is -0.161. The molecule has 0 aromatic carbocycles. The molecule has 0 aromatic rings. The van der Waals surface area contributed by atoms with Crippen LogP contribution in [0, 0.1) is 0 Å². The molecule has 20 heavy (non-hydrogen) atoms. The second-order valence-electron chi connectivity index (χ2n) is 4.96. The van der Waals surface area contributed by atoms with Gasteiger partial charge in [0.05, 0.1) is 0 Å². The Bertz CT molecular complexity index is 294. The number of halogens is 3. The molecule has 118 valence electrons. The Balaban J connectivity index is 2.31. The van der Waals surface area contributed by atoms with Crippen LogP contribution in [0.1, 0.15) is 32.6 Å². The van der Waals surface area contributed by atoms with E-state index in [9.17, 15) is 18.0 Å². The van der Waals surface area contributed by atoms with Gasteiger partial charge < -0.3 is 15.0 Å². The molecular weight excluding hydrogens is 273 g/mol. The molecule has 0 bridgehead atoms. The van der Waals surface area contributed by atoms with Gasteiger partial charge in [-0.2, -0.15) is 13.2 Å². The minimum Gasteiger partial charge on any atom is -0.382 e. The number of nitrogens with zero attached hydrogens (tertiary/aromatic N) is 1. The number of hydrogen-bond donors (Lipinski definition) is 1. The Kier molecular flexibility index (Phi) is 7.29. The molecule has 0 aliphatic heterocycles. The predicted octanol–water partition coefficient (Wildman–Crippen LogP) is 1.95. The van der Waals surface area contributed by atoms with E-state index >= 15 is 0 Å². The van der Waals surface area contributed by atoms with Crippen molar-refractivity contribution in [2.24, 2.45) is 0 Å². The second kappa shape index (κ2) is 8.46. The van der Waals surface area contributed by atoms with Crippen LogP contribution in [0.15, 0.2) is 0 Å². The first-order chi connectivity index (χ1) is 9.42. The number of carbonyl (C=O) groups excluding carboxylic acids is 1. The van der Waals surface area contributed by atoms with Gasteiger partial charge in [-0.1, -0.05) is 0 Å². The van der Waals surface area contributed by atoms with Crippen molar-refractivity contribution in [1.82, 2.24) is 10.2 Å². The van der Waals surface area contributed by atoms with E-state index in [0.29, 0.717) is 32.2 Å². The van der Waals surface area contributed by atoms with E-state index < -0.39 is 18.6 Å². The molecule has 0 radical (unpaired) electrons. The van der Waals surface area contributed by atoms with Crippen LogP contribution in [0.4, 0.5) is 13.2 Å². The fraction of sp³-hybridized carbons (Fsp3) is 0.923. The van der Waals surface area contributed by atoms with Crippen molar-refractivity contribution >= 4 is 5.91 Å². The van der Waals surface area contributed by atoms with Crippen LogP contribution in [0.2, 0.25) is 0 Å². The zero-order valence-corrected chi connectivity index (χ0v) is 11.8. The first kappa shape index (κ1) is 17.2. The summed E-state index contributed by atoms with van der Waals surface area (Å²) in [7, 11) is 0. The molecule has 1 fully saturated rings. The molecule has 1 aliphatic carbocycles. The first-order valence-electron chi connectivity index (χ1n) is 7.08. The number of amides is 1. The average molecular weight is 296 g/mol. The number of rotatable bonds is 10. The summed E-state index contributed by atoms with van der Waals surface area (Å²) in [5.74, 6) is -0.452. The number of nitrogens with one attached hydrogen (secondary N) is 1. The smallest absolute Gasteiger partial charge is 0.382 e. The molecule has 1 aliphatic rings. The van der Waals surface area contributed by atoms with E-state index in [1.54, 1.807) is 0 Å². The fourth-order valence-electron chi connectivity index (χ4n) is 1.84. The van der Waals surface area contributed by atoms with Gasteiger partial charge in [0, 0.05) is 38.8 Å². The number of alkyl halides is 3. The van der Waals surface area contributed by atoms with Crippen molar-refractivity contribution in [3.05, 3.63) is 0 Å². The maximum Gasteiger partial charge on any atom is 0.406 e. The van der Waals surface area contributed by atoms with Crippen molar-refractivity contribution in [3.63, 3.8) is 0 Å². The summed E-state index contributed by atoms with van der Waals surface area (Å²) in [6.45, 7) is 2.08. The zero-order valence-electron chi connectivity index (χ0n) is 11.8. The number of hydrogen-bond acceptors (Lipinski definition) is 3. The molecule has 1 rings (SSSR count). The summed E-state index contributed by atoms with van der Waals surface area (Å²) in [6.07, 6.45) is -1.64. The van der Waals surface area contributed by atoms with Crippen molar-refractivity contribution in [3.8, 4) is 0 Å².